The van der Waals surface area contributed by atoms with Gasteiger partial charge in [-0.05, 0) is 44.9 Å². The standard InChI is InChI=1S/C16H20N4O3/c1-16(2,3)23-15(22)12-10-13(20-19-12)18-14(21)5-4-11-6-8-17-9-7-11/h6-10H,4-5H2,1-3H3,(H2,18,19,20,21). The maximum atomic E-state index is 11.9. The molecule has 0 aliphatic heterocycles. The van der Waals surface area contributed by atoms with E-state index in [1.165, 1.54) is 6.07 Å². The first kappa shape index (κ1) is 16.7. The second kappa shape index (κ2) is 7.04. The van der Waals surface area contributed by atoms with Crippen LogP contribution in [0.4, 0.5) is 5.82 Å². The molecule has 0 bridgehead atoms. The van der Waals surface area contributed by atoms with Crippen molar-refractivity contribution in [1.82, 2.24) is 15.2 Å². The van der Waals surface area contributed by atoms with E-state index in [2.05, 4.69) is 20.5 Å². The molecular weight excluding hydrogens is 296 g/mol. The number of aromatic nitrogens is 3. The van der Waals surface area contributed by atoms with Gasteiger partial charge in [-0.25, -0.2) is 4.79 Å². The van der Waals surface area contributed by atoms with Gasteiger partial charge in [0.25, 0.3) is 0 Å². The van der Waals surface area contributed by atoms with E-state index in [1.54, 1.807) is 33.2 Å². The number of ether oxygens (including phenoxy) is 1. The Morgan fingerprint density at radius 3 is 2.61 bits per heavy atom. The zero-order chi connectivity index (χ0) is 16.9. The molecule has 0 fully saturated rings. The zero-order valence-corrected chi connectivity index (χ0v) is 13.4. The lowest BCUT2D eigenvalue weighted by atomic mass is 10.1. The monoisotopic (exact) mass is 316 g/mol. The van der Waals surface area contributed by atoms with Gasteiger partial charge in [0, 0.05) is 24.9 Å². The van der Waals surface area contributed by atoms with Gasteiger partial charge < -0.3 is 10.1 Å². The van der Waals surface area contributed by atoms with Crippen LogP contribution in [0, 0.1) is 0 Å². The van der Waals surface area contributed by atoms with Gasteiger partial charge in [0.1, 0.15) is 11.3 Å². The average molecular weight is 316 g/mol. The van der Waals surface area contributed by atoms with Gasteiger partial charge in [-0.2, -0.15) is 5.10 Å². The van der Waals surface area contributed by atoms with Crippen molar-refractivity contribution in [3.05, 3.63) is 41.9 Å². The predicted octanol–water partition coefficient (Wildman–Crippen LogP) is 2.33. The molecule has 2 aromatic heterocycles. The summed E-state index contributed by atoms with van der Waals surface area (Å²) in [6.07, 6.45) is 4.30. The van der Waals surface area contributed by atoms with Crippen molar-refractivity contribution in [2.75, 3.05) is 5.32 Å². The molecule has 23 heavy (non-hydrogen) atoms. The number of rotatable bonds is 5. The highest BCUT2D eigenvalue weighted by atomic mass is 16.6. The molecule has 0 saturated heterocycles. The van der Waals surface area contributed by atoms with Crippen LogP contribution in [0.2, 0.25) is 0 Å². The Labute approximate surface area is 134 Å². The van der Waals surface area contributed by atoms with Crippen LogP contribution in [0.25, 0.3) is 0 Å². The number of anilines is 1. The van der Waals surface area contributed by atoms with E-state index in [0.717, 1.165) is 5.56 Å². The molecule has 2 rings (SSSR count). The van der Waals surface area contributed by atoms with E-state index in [4.69, 9.17) is 4.74 Å². The first-order valence-corrected chi connectivity index (χ1v) is 7.31. The van der Waals surface area contributed by atoms with Gasteiger partial charge in [0.2, 0.25) is 5.91 Å². The Balaban J connectivity index is 1.86. The number of aromatic amines is 1. The van der Waals surface area contributed by atoms with Crippen molar-refractivity contribution in [3.63, 3.8) is 0 Å². The third kappa shape index (κ3) is 5.54. The number of nitrogens with one attached hydrogen (secondary N) is 2. The molecule has 0 spiro atoms. The molecule has 122 valence electrons. The van der Waals surface area contributed by atoms with Gasteiger partial charge in [-0.1, -0.05) is 0 Å². The fourth-order valence-electron chi connectivity index (χ4n) is 1.84. The lowest BCUT2D eigenvalue weighted by Gasteiger charge is -2.18. The van der Waals surface area contributed by atoms with Crippen molar-refractivity contribution in [1.29, 1.82) is 0 Å². The van der Waals surface area contributed by atoms with Gasteiger partial charge in [-0.3, -0.25) is 14.9 Å². The molecular formula is C16H20N4O3. The number of hydrogen-bond acceptors (Lipinski definition) is 5. The van der Waals surface area contributed by atoms with Crippen LogP contribution < -0.4 is 5.32 Å². The van der Waals surface area contributed by atoms with E-state index in [-0.39, 0.29) is 11.6 Å². The molecule has 0 aromatic carbocycles. The number of amides is 1. The maximum Gasteiger partial charge on any atom is 0.356 e. The SMILES string of the molecule is CC(C)(C)OC(=O)c1cc(NC(=O)CCc2ccncc2)n[nH]1. The first-order valence-electron chi connectivity index (χ1n) is 7.31. The van der Waals surface area contributed by atoms with Crippen molar-refractivity contribution >= 4 is 17.7 Å². The van der Waals surface area contributed by atoms with E-state index in [9.17, 15) is 9.59 Å². The quantitative estimate of drug-likeness (QED) is 0.825. The molecule has 1 amide bonds. The summed E-state index contributed by atoms with van der Waals surface area (Å²) in [5, 5.41) is 9.10. The fraction of sp³-hybridized carbons (Fsp3) is 0.375. The molecule has 0 aliphatic rings. The van der Waals surface area contributed by atoms with E-state index in [1.807, 2.05) is 12.1 Å². The first-order chi connectivity index (χ1) is 10.8. The highest BCUT2D eigenvalue weighted by Crippen LogP contribution is 2.13. The van der Waals surface area contributed by atoms with Crippen molar-refractivity contribution < 1.29 is 14.3 Å². The summed E-state index contributed by atoms with van der Waals surface area (Å²) in [6.45, 7) is 5.34. The lowest BCUT2D eigenvalue weighted by molar-refractivity contribution is -0.116. The largest absolute Gasteiger partial charge is 0.455 e. The summed E-state index contributed by atoms with van der Waals surface area (Å²) in [4.78, 5) is 27.7. The molecule has 0 saturated carbocycles. The summed E-state index contributed by atoms with van der Waals surface area (Å²) in [5.41, 5.74) is 0.645. The second-order valence-electron chi connectivity index (χ2n) is 6.07. The normalized spacial score (nSPS) is 11.1. The lowest BCUT2D eigenvalue weighted by Crippen LogP contribution is -2.24. The second-order valence-corrected chi connectivity index (χ2v) is 6.07. The third-order valence-electron chi connectivity index (χ3n) is 2.85. The Hall–Kier alpha value is -2.70. The zero-order valence-electron chi connectivity index (χ0n) is 13.4. The van der Waals surface area contributed by atoms with Gasteiger partial charge in [0.05, 0.1) is 0 Å². The van der Waals surface area contributed by atoms with Crippen LogP contribution in [-0.2, 0) is 16.0 Å². The van der Waals surface area contributed by atoms with Crippen molar-refractivity contribution in [2.24, 2.45) is 0 Å². The van der Waals surface area contributed by atoms with Crippen molar-refractivity contribution in [2.45, 2.75) is 39.2 Å². The highest BCUT2D eigenvalue weighted by Gasteiger charge is 2.20. The Morgan fingerprint density at radius 2 is 1.96 bits per heavy atom. The number of pyridine rings is 1. The minimum Gasteiger partial charge on any atom is -0.455 e. The molecule has 0 atom stereocenters. The number of hydrogen-bond donors (Lipinski definition) is 2. The minimum absolute atomic E-state index is 0.177. The molecule has 7 heteroatoms. The number of H-pyrrole nitrogens is 1. The summed E-state index contributed by atoms with van der Waals surface area (Å²) >= 11 is 0. The van der Waals surface area contributed by atoms with Crippen LogP contribution in [0.5, 0.6) is 0 Å². The summed E-state index contributed by atoms with van der Waals surface area (Å²) in [7, 11) is 0. The van der Waals surface area contributed by atoms with Crippen LogP contribution >= 0.6 is 0 Å². The van der Waals surface area contributed by atoms with Gasteiger partial charge in [-0.15, -0.1) is 0 Å². The van der Waals surface area contributed by atoms with Crippen LogP contribution in [-0.4, -0.2) is 32.7 Å². The molecule has 2 heterocycles. The summed E-state index contributed by atoms with van der Waals surface area (Å²) < 4.78 is 5.22. The maximum absolute atomic E-state index is 11.9. The average Bonchev–Trinajstić information content (AvgIpc) is 2.93. The van der Waals surface area contributed by atoms with Crippen LogP contribution in [0.3, 0.4) is 0 Å². The van der Waals surface area contributed by atoms with E-state index >= 15 is 0 Å². The van der Waals surface area contributed by atoms with Crippen LogP contribution in [0.1, 0.15) is 43.2 Å². The molecule has 0 aliphatic carbocycles. The summed E-state index contributed by atoms with van der Waals surface area (Å²) in [6, 6.07) is 5.18. The number of carbonyl (C=O) groups is 2. The molecule has 0 radical (unpaired) electrons. The Morgan fingerprint density at radius 1 is 1.26 bits per heavy atom. The number of nitrogens with zero attached hydrogens (tertiary/aromatic N) is 2. The van der Waals surface area contributed by atoms with E-state index in [0.29, 0.717) is 18.7 Å². The third-order valence-corrected chi connectivity index (χ3v) is 2.85. The molecule has 0 unspecified atom stereocenters. The van der Waals surface area contributed by atoms with E-state index < -0.39 is 11.6 Å². The molecule has 2 aromatic rings. The molecule has 7 nitrogen and oxygen atoms in total. The number of aryl methyl sites for hydroxylation is 1. The topological polar surface area (TPSA) is 97.0 Å². The minimum atomic E-state index is -0.587. The van der Waals surface area contributed by atoms with Gasteiger partial charge >= 0.3 is 5.97 Å². The highest BCUT2D eigenvalue weighted by molar-refractivity contribution is 5.92. The van der Waals surface area contributed by atoms with Crippen molar-refractivity contribution in [3.8, 4) is 0 Å². The Bertz CT molecular complexity index is 674. The smallest absolute Gasteiger partial charge is 0.356 e. The number of carbonyl (C=O) groups excluding carboxylic acids is 2. The Kier molecular flexibility index (Phi) is 5.10. The predicted molar refractivity (Wildman–Crippen MR) is 84.9 cm³/mol. The molecule has 2 N–H and O–H groups in total. The summed E-state index contributed by atoms with van der Waals surface area (Å²) in [5.74, 6) is -0.392. The number of esters is 1. The fourth-order valence-corrected chi connectivity index (χ4v) is 1.84. The van der Waals surface area contributed by atoms with Gasteiger partial charge in [0.15, 0.2) is 5.82 Å². The van der Waals surface area contributed by atoms with Crippen LogP contribution in [0.15, 0.2) is 30.6 Å².